The number of rotatable bonds is 10. The largest absolute Gasteiger partial charge is 0.491 e. The van der Waals surface area contributed by atoms with E-state index in [4.69, 9.17) is 9.47 Å². The van der Waals surface area contributed by atoms with Crippen molar-refractivity contribution in [3.8, 4) is 5.75 Å². The molecular formula is C16H23BrO4. The predicted molar refractivity (Wildman–Crippen MR) is 85.9 cm³/mol. The molecule has 1 aromatic rings. The van der Waals surface area contributed by atoms with Crippen molar-refractivity contribution in [2.75, 3.05) is 20.3 Å². The monoisotopic (exact) mass is 358 g/mol. The number of methoxy groups -OCH3 is 1. The van der Waals surface area contributed by atoms with E-state index in [9.17, 15) is 9.90 Å². The minimum absolute atomic E-state index is 0.351. The molecule has 0 heterocycles. The standard InChI is InChI=1S/C16H23BrO4/c1-3-4-5-12(16(18)19)10-13-11-14(6-7-15(13)17)21-9-8-20-2/h6-7,11-12H,3-5,8-10H2,1-2H3,(H,18,19). The minimum Gasteiger partial charge on any atom is -0.491 e. The Morgan fingerprint density at radius 2 is 2.14 bits per heavy atom. The molecule has 0 bridgehead atoms. The molecule has 118 valence electrons. The fraction of sp³-hybridized carbons (Fsp3) is 0.562. The van der Waals surface area contributed by atoms with Crippen molar-refractivity contribution in [1.29, 1.82) is 0 Å². The summed E-state index contributed by atoms with van der Waals surface area (Å²) in [5.41, 5.74) is 0.966. The van der Waals surface area contributed by atoms with Crippen LogP contribution in [0, 0.1) is 5.92 Å². The van der Waals surface area contributed by atoms with Gasteiger partial charge in [0.15, 0.2) is 0 Å². The van der Waals surface area contributed by atoms with Crippen molar-refractivity contribution in [2.45, 2.75) is 32.6 Å². The molecule has 1 unspecified atom stereocenters. The fourth-order valence-electron chi connectivity index (χ4n) is 2.07. The molecular weight excluding hydrogens is 336 g/mol. The molecule has 0 spiro atoms. The highest BCUT2D eigenvalue weighted by molar-refractivity contribution is 9.10. The maximum Gasteiger partial charge on any atom is 0.306 e. The van der Waals surface area contributed by atoms with Crippen molar-refractivity contribution in [3.63, 3.8) is 0 Å². The van der Waals surface area contributed by atoms with Crippen LogP contribution in [0.5, 0.6) is 5.75 Å². The lowest BCUT2D eigenvalue weighted by molar-refractivity contribution is -0.142. The molecule has 0 aliphatic carbocycles. The summed E-state index contributed by atoms with van der Waals surface area (Å²) in [6.07, 6.45) is 3.15. The number of benzene rings is 1. The number of unbranched alkanes of at least 4 members (excludes halogenated alkanes) is 1. The van der Waals surface area contributed by atoms with Crippen LogP contribution < -0.4 is 4.74 Å². The molecule has 0 aliphatic heterocycles. The quantitative estimate of drug-likeness (QED) is 0.644. The van der Waals surface area contributed by atoms with Crippen LogP contribution in [0.15, 0.2) is 22.7 Å². The first-order valence-electron chi connectivity index (χ1n) is 7.21. The van der Waals surface area contributed by atoms with E-state index < -0.39 is 5.97 Å². The van der Waals surface area contributed by atoms with E-state index >= 15 is 0 Å². The first kappa shape index (κ1) is 18.0. The van der Waals surface area contributed by atoms with E-state index in [1.54, 1.807) is 7.11 Å². The van der Waals surface area contributed by atoms with Crippen molar-refractivity contribution >= 4 is 21.9 Å². The van der Waals surface area contributed by atoms with Crippen molar-refractivity contribution in [2.24, 2.45) is 5.92 Å². The lowest BCUT2D eigenvalue weighted by Gasteiger charge is -2.14. The second kappa shape index (κ2) is 9.79. The highest BCUT2D eigenvalue weighted by Crippen LogP contribution is 2.26. The van der Waals surface area contributed by atoms with Gasteiger partial charge in [-0.2, -0.15) is 0 Å². The number of carbonyl (C=O) groups is 1. The maximum atomic E-state index is 11.4. The average Bonchev–Trinajstić information content (AvgIpc) is 2.46. The van der Waals surface area contributed by atoms with Crippen molar-refractivity contribution in [1.82, 2.24) is 0 Å². The Labute approximate surface area is 134 Å². The number of hydrogen-bond acceptors (Lipinski definition) is 3. The minimum atomic E-state index is -0.735. The number of halogens is 1. The van der Waals surface area contributed by atoms with Gasteiger partial charge in [-0.3, -0.25) is 4.79 Å². The van der Waals surface area contributed by atoms with Crippen LogP contribution in [0.4, 0.5) is 0 Å². The molecule has 21 heavy (non-hydrogen) atoms. The van der Waals surface area contributed by atoms with Crippen LogP contribution in [-0.4, -0.2) is 31.4 Å². The van der Waals surface area contributed by atoms with Crippen LogP contribution in [0.2, 0.25) is 0 Å². The molecule has 0 aliphatic rings. The average molecular weight is 359 g/mol. The number of carboxylic acids is 1. The highest BCUT2D eigenvalue weighted by atomic mass is 79.9. The summed E-state index contributed by atoms with van der Waals surface area (Å²) in [4.78, 5) is 11.4. The van der Waals surface area contributed by atoms with E-state index in [0.717, 1.165) is 28.6 Å². The van der Waals surface area contributed by atoms with Gasteiger partial charge in [-0.1, -0.05) is 35.7 Å². The maximum absolute atomic E-state index is 11.4. The van der Waals surface area contributed by atoms with Gasteiger partial charge in [0.1, 0.15) is 12.4 Å². The zero-order valence-electron chi connectivity index (χ0n) is 12.6. The van der Waals surface area contributed by atoms with Crippen LogP contribution in [0.25, 0.3) is 0 Å². The van der Waals surface area contributed by atoms with Gasteiger partial charge in [0.25, 0.3) is 0 Å². The van der Waals surface area contributed by atoms with E-state index in [0.29, 0.717) is 26.1 Å². The Balaban J connectivity index is 2.74. The third kappa shape index (κ3) is 6.48. The summed E-state index contributed by atoms with van der Waals surface area (Å²) in [5, 5.41) is 9.33. The van der Waals surface area contributed by atoms with E-state index in [2.05, 4.69) is 22.9 Å². The van der Waals surface area contributed by atoms with Gasteiger partial charge >= 0.3 is 5.97 Å². The molecule has 0 fully saturated rings. The zero-order chi connectivity index (χ0) is 15.7. The molecule has 0 aromatic heterocycles. The SMILES string of the molecule is CCCCC(Cc1cc(OCCOC)ccc1Br)C(=O)O. The van der Waals surface area contributed by atoms with Gasteiger partial charge in [-0.15, -0.1) is 0 Å². The highest BCUT2D eigenvalue weighted by Gasteiger charge is 2.19. The second-order valence-corrected chi connectivity index (χ2v) is 5.83. The topological polar surface area (TPSA) is 55.8 Å². The number of carboxylic acid groups (broad SMARTS) is 1. The summed E-state index contributed by atoms with van der Waals surface area (Å²) < 4.78 is 11.4. The van der Waals surface area contributed by atoms with Gasteiger partial charge in [0, 0.05) is 11.6 Å². The van der Waals surface area contributed by atoms with Crippen LogP contribution in [-0.2, 0) is 16.0 Å². The molecule has 0 saturated heterocycles. The Bertz CT molecular complexity index is 448. The Kier molecular flexibility index (Phi) is 8.38. The summed E-state index contributed by atoms with van der Waals surface area (Å²) in [6.45, 7) is 3.08. The molecule has 5 heteroatoms. The van der Waals surface area contributed by atoms with Gasteiger partial charge in [-0.05, 0) is 36.6 Å². The van der Waals surface area contributed by atoms with Crippen LogP contribution in [0.3, 0.4) is 0 Å². The molecule has 0 saturated carbocycles. The van der Waals surface area contributed by atoms with E-state index in [-0.39, 0.29) is 5.92 Å². The number of hydrogen-bond donors (Lipinski definition) is 1. The molecule has 4 nitrogen and oxygen atoms in total. The van der Waals surface area contributed by atoms with Crippen LogP contribution in [0.1, 0.15) is 31.7 Å². The fourth-order valence-corrected chi connectivity index (χ4v) is 2.48. The summed E-state index contributed by atoms with van der Waals surface area (Å²) in [6, 6.07) is 5.67. The van der Waals surface area contributed by atoms with Crippen molar-refractivity contribution in [3.05, 3.63) is 28.2 Å². The predicted octanol–water partition coefficient (Wildman–Crippen LogP) is 3.91. The Morgan fingerprint density at radius 1 is 1.38 bits per heavy atom. The van der Waals surface area contributed by atoms with Gasteiger partial charge in [-0.25, -0.2) is 0 Å². The molecule has 0 amide bonds. The second-order valence-electron chi connectivity index (χ2n) is 4.98. The lowest BCUT2D eigenvalue weighted by atomic mass is 9.94. The summed E-state index contributed by atoms with van der Waals surface area (Å²) in [7, 11) is 1.63. The normalized spacial score (nSPS) is 12.1. The summed E-state index contributed by atoms with van der Waals surface area (Å²) in [5.74, 6) is -0.346. The third-order valence-electron chi connectivity index (χ3n) is 3.30. The van der Waals surface area contributed by atoms with Gasteiger partial charge in [0.05, 0.1) is 12.5 Å². The molecule has 1 N–H and O–H groups in total. The van der Waals surface area contributed by atoms with Gasteiger partial charge in [0.2, 0.25) is 0 Å². The number of aliphatic carboxylic acids is 1. The number of ether oxygens (including phenoxy) is 2. The third-order valence-corrected chi connectivity index (χ3v) is 4.07. The summed E-state index contributed by atoms with van der Waals surface area (Å²) >= 11 is 3.48. The van der Waals surface area contributed by atoms with Gasteiger partial charge < -0.3 is 14.6 Å². The van der Waals surface area contributed by atoms with Crippen molar-refractivity contribution < 1.29 is 19.4 Å². The lowest BCUT2D eigenvalue weighted by Crippen LogP contribution is -2.16. The zero-order valence-corrected chi connectivity index (χ0v) is 14.2. The molecule has 1 atom stereocenters. The molecule has 0 radical (unpaired) electrons. The van der Waals surface area contributed by atoms with Crippen LogP contribution >= 0.6 is 15.9 Å². The Morgan fingerprint density at radius 3 is 2.76 bits per heavy atom. The molecule has 1 rings (SSSR count). The first-order valence-corrected chi connectivity index (χ1v) is 8.00. The molecule has 1 aromatic carbocycles. The first-order chi connectivity index (χ1) is 10.1. The van der Waals surface area contributed by atoms with E-state index in [1.807, 2.05) is 18.2 Å². The Hall–Kier alpha value is -1.07. The smallest absolute Gasteiger partial charge is 0.306 e. The van der Waals surface area contributed by atoms with E-state index in [1.165, 1.54) is 0 Å².